The SMILES string of the molecule is Cc1ccccc1N(c1ccc2c(c1)C(C)(C)c1cc(-c3ccccc3C(C)(C)C)c3oc4ccccc4c3c1-2)c1ccc2c(c1)C(C)(C)c1c-2c2c(c3c1C(C)(C)c1ccccc1-3)C1CC1c1ccccc1-2. The molecule has 5 aliphatic carbocycles. The summed E-state index contributed by atoms with van der Waals surface area (Å²) in [6, 6.07) is 62.5. The maximum atomic E-state index is 6.98. The van der Waals surface area contributed by atoms with Gasteiger partial charge in [-0.2, -0.15) is 0 Å². The molecular formula is C71H61NO. The minimum absolute atomic E-state index is 0.0521. The summed E-state index contributed by atoms with van der Waals surface area (Å²) in [6.45, 7) is 24.1. The molecule has 356 valence electrons. The van der Waals surface area contributed by atoms with Crippen LogP contribution in [0.1, 0.15) is 136 Å². The van der Waals surface area contributed by atoms with Crippen molar-refractivity contribution in [1.82, 2.24) is 0 Å². The Balaban J connectivity index is 0.945. The third kappa shape index (κ3) is 5.54. The van der Waals surface area contributed by atoms with E-state index in [1.165, 1.54) is 129 Å². The Morgan fingerprint density at radius 2 is 1.07 bits per heavy atom. The average molecular weight is 944 g/mol. The number of rotatable bonds is 4. The lowest BCUT2D eigenvalue weighted by Crippen LogP contribution is -2.25. The molecule has 1 heterocycles. The number of furan rings is 1. The van der Waals surface area contributed by atoms with Crippen molar-refractivity contribution in [3.05, 3.63) is 219 Å². The largest absolute Gasteiger partial charge is 0.455 e. The highest BCUT2D eigenvalue weighted by Crippen LogP contribution is 2.71. The predicted molar refractivity (Wildman–Crippen MR) is 306 cm³/mol. The molecule has 1 fully saturated rings. The standard InChI is InChI=1S/C71H61NO/c1-39-21-11-19-29-57(39)72(40-31-33-46-54(35-40)69(5,6)56-38-51(43-23-14-17-27-52(43)68(2,3)4)67-64(59(46)56)48-26-16-20-30-58(48)73-67)41-32-34-47-55(36-41)71(9,10)66-63(47)60-44-24-13-12-22-42(44)49-37-50(49)61(60)62-45-25-15-18-28-53(45)70(7,8)65(62)66/h11-36,38,49-50H,37H2,1-10H3. The zero-order valence-corrected chi connectivity index (χ0v) is 43.8. The van der Waals surface area contributed by atoms with Gasteiger partial charge in [-0.3, -0.25) is 0 Å². The van der Waals surface area contributed by atoms with Crippen LogP contribution in [0, 0.1) is 6.92 Å². The Bertz CT molecular complexity index is 4110. The summed E-state index contributed by atoms with van der Waals surface area (Å²) in [5.41, 5.74) is 32.8. The van der Waals surface area contributed by atoms with Crippen molar-refractivity contribution in [3.63, 3.8) is 0 Å². The van der Waals surface area contributed by atoms with Crippen molar-refractivity contribution >= 4 is 39.0 Å². The summed E-state index contributed by atoms with van der Waals surface area (Å²) in [5.74, 6) is 1.15. The Morgan fingerprint density at radius 3 is 1.82 bits per heavy atom. The van der Waals surface area contributed by atoms with Crippen LogP contribution in [0.2, 0.25) is 0 Å². The zero-order valence-electron chi connectivity index (χ0n) is 43.8. The predicted octanol–water partition coefficient (Wildman–Crippen LogP) is 19.5. The van der Waals surface area contributed by atoms with Crippen LogP contribution in [0.25, 0.3) is 77.6 Å². The number of nitrogens with zero attached hydrogens (tertiary/aromatic N) is 1. The zero-order chi connectivity index (χ0) is 49.8. The van der Waals surface area contributed by atoms with Gasteiger partial charge >= 0.3 is 0 Å². The first kappa shape index (κ1) is 43.2. The molecule has 0 bridgehead atoms. The third-order valence-electron chi connectivity index (χ3n) is 18.6. The van der Waals surface area contributed by atoms with Crippen molar-refractivity contribution < 1.29 is 4.42 Å². The van der Waals surface area contributed by atoms with Gasteiger partial charge in [0.25, 0.3) is 0 Å². The van der Waals surface area contributed by atoms with E-state index in [9.17, 15) is 0 Å². The minimum atomic E-state index is -0.307. The van der Waals surface area contributed by atoms with E-state index in [1.807, 2.05) is 0 Å². The van der Waals surface area contributed by atoms with E-state index in [-0.39, 0.29) is 21.7 Å². The molecule has 0 radical (unpaired) electrons. The van der Waals surface area contributed by atoms with Crippen LogP contribution in [-0.4, -0.2) is 0 Å². The minimum Gasteiger partial charge on any atom is -0.455 e. The van der Waals surface area contributed by atoms with E-state index in [1.54, 1.807) is 11.1 Å². The molecular weight excluding hydrogens is 883 g/mol. The van der Waals surface area contributed by atoms with E-state index >= 15 is 0 Å². The summed E-state index contributed by atoms with van der Waals surface area (Å²) in [7, 11) is 0. The van der Waals surface area contributed by atoms with Gasteiger partial charge in [-0.05, 0) is 179 Å². The molecule has 1 aromatic heterocycles. The van der Waals surface area contributed by atoms with Crippen LogP contribution < -0.4 is 4.90 Å². The summed E-state index contributed by atoms with van der Waals surface area (Å²) < 4.78 is 6.98. The van der Waals surface area contributed by atoms with Gasteiger partial charge in [0.05, 0.1) is 0 Å². The van der Waals surface area contributed by atoms with Gasteiger partial charge in [0.15, 0.2) is 0 Å². The quantitative estimate of drug-likeness (QED) is 0.175. The van der Waals surface area contributed by atoms with Crippen LogP contribution in [0.3, 0.4) is 0 Å². The maximum Gasteiger partial charge on any atom is 0.143 e. The molecule has 0 N–H and O–H groups in total. The van der Waals surface area contributed by atoms with Gasteiger partial charge in [-0.1, -0.05) is 184 Å². The number of hydrogen-bond donors (Lipinski definition) is 0. The number of benzene rings is 9. The lowest BCUT2D eigenvalue weighted by Gasteiger charge is -2.34. The lowest BCUT2D eigenvalue weighted by atomic mass is 9.69. The molecule has 2 atom stereocenters. The van der Waals surface area contributed by atoms with Crippen LogP contribution in [0.5, 0.6) is 0 Å². The molecule has 0 amide bonds. The molecule has 0 spiro atoms. The van der Waals surface area contributed by atoms with Crippen molar-refractivity contribution in [2.45, 2.75) is 109 Å². The molecule has 73 heavy (non-hydrogen) atoms. The highest BCUT2D eigenvalue weighted by atomic mass is 16.3. The molecule has 2 nitrogen and oxygen atoms in total. The van der Waals surface area contributed by atoms with E-state index in [4.69, 9.17) is 4.42 Å². The van der Waals surface area contributed by atoms with Crippen LogP contribution in [0.4, 0.5) is 17.1 Å². The molecule has 9 aromatic carbocycles. The van der Waals surface area contributed by atoms with Crippen molar-refractivity contribution in [3.8, 4) is 55.6 Å². The fourth-order valence-electron chi connectivity index (χ4n) is 15.1. The summed E-state index contributed by atoms with van der Waals surface area (Å²) >= 11 is 0. The normalized spacial score (nSPS) is 18.3. The third-order valence-corrected chi connectivity index (χ3v) is 18.6. The Labute approximate surface area is 430 Å². The average Bonchev–Trinajstić information content (AvgIpc) is 3.90. The van der Waals surface area contributed by atoms with Gasteiger partial charge in [0, 0.05) is 49.6 Å². The smallest absolute Gasteiger partial charge is 0.143 e. The maximum absolute atomic E-state index is 6.98. The Morgan fingerprint density at radius 1 is 0.479 bits per heavy atom. The number of fused-ring (bicyclic) bond motifs is 22. The molecule has 1 saturated carbocycles. The van der Waals surface area contributed by atoms with E-state index < -0.39 is 0 Å². The number of hydrogen-bond acceptors (Lipinski definition) is 2. The topological polar surface area (TPSA) is 16.4 Å². The highest BCUT2D eigenvalue weighted by Gasteiger charge is 2.55. The van der Waals surface area contributed by atoms with Gasteiger partial charge in [-0.25, -0.2) is 0 Å². The van der Waals surface area contributed by atoms with Gasteiger partial charge in [-0.15, -0.1) is 0 Å². The molecule has 0 saturated heterocycles. The highest BCUT2D eigenvalue weighted by molar-refractivity contribution is 6.19. The van der Waals surface area contributed by atoms with Gasteiger partial charge < -0.3 is 9.32 Å². The summed E-state index contributed by atoms with van der Waals surface area (Å²) in [5, 5.41) is 2.38. The molecule has 10 aromatic rings. The van der Waals surface area contributed by atoms with Gasteiger partial charge in [0.1, 0.15) is 11.2 Å². The van der Waals surface area contributed by atoms with Crippen molar-refractivity contribution in [2.75, 3.05) is 4.90 Å². The lowest BCUT2D eigenvalue weighted by molar-refractivity contribution is 0.591. The fraction of sp³-hybridized carbons (Fsp3) is 0.239. The first-order chi connectivity index (χ1) is 35.1. The van der Waals surface area contributed by atoms with E-state index in [0.717, 1.165) is 16.9 Å². The number of para-hydroxylation sites is 2. The molecule has 5 aliphatic rings. The second kappa shape index (κ2) is 14.2. The molecule has 15 rings (SSSR count). The second-order valence-corrected chi connectivity index (χ2v) is 24.8. The fourth-order valence-corrected chi connectivity index (χ4v) is 15.1. The van der Waals surface area contributed by atoms with Crippen molar-refractivity contribution in [2.24, 2.45) is 0 Å². The Kier molecular flexibility index (Phi) is 8.40. The molecule has 2 heteroatoms. The first-order valence-electron chi connectivity index (χ1n) is 26.7. The molecule has 0 aliphatic heterocycles. The summed E-state index contributed by atoms with van der Waals surface area (Å²) in [6.07, 6.45) is 1.23. The number of aryl methyl sites for hydroxylation is 1. The van der Waals surface area contributed by atoms with E-state index in [0.29, 0.717) is 11.8 Å². The summed E-state index contributed by atoms with van der Waals surface area (Å²) in [4.78, 5) is 2.55. The van der Waals surface area contributed by atoms with Gasteiger partial charge in [0.2, 0.25) is 0 Å². The Hall–Kier alpha value is -7.42. The second-order valence-electron chi connectivity index (χ2n) is 24.8. The van der Waals surface area contributed by atoms with Crippen LogP contribution >= 0.6 is 0 Å². The van der Waals surface area contributed by atoms with Crippen LogP contribution in [-0.2, 0) is 21.7 Å². The first-order valence-corrected chi connectivity index (χ1v) is 26.7. The molecule has 2 unspecified atom stereocenters. The van der Waals surface area contributed by atoms with Crippen LogP contribution in [0.15, 0.2) is 168 Å². The van der Waals surface area contributed by atoms with E-state index in [2.05, 4.69) is 238 Å². The monoisotopic (exact) mass is 943 g/mol. The van der Waals surface area contributed by atoms with Crippen molar-refractivity contribution in [1.29, 1.82) is 0 Å². The number of anilines is 3.